The van der Waals surface area contributed by atoms with Gasteiger partial charge in [0, 0.05) is 6.54 Å². The number of carbonyl (C=O) groups excluding carboxylic acids is 1. The summed E-state index contributed by atoms with van der Waals surface area (Å²) >= 11 is 1.39. The number of nitrogens with one attached hydrogen (secondary N) is 1. The SMILES string of the molecule is CC1CC(CNC(=O)c2cncs2)C1. The fourth-order valence-electron chi connectivity index (χ4n) is 1.89. The number of carbonyl (C=O) groups is 1. The molecule has 2 rings (SSSR count). The molecule has 3 nitrogen and oxygen atoms in total. The van der Waals surface area contributed by atoms with Crippen LogP contribution in [0.1, 0.15) is 29.4 Å². The Morgan fingerprint density at radius 2 is 2.50 bits per heavy atom. The van der Waals surface area contributed by atoms with Crippen LogP contribution in [0, 0.1) is 11.8 Å². The summed E-state index contributed by atoms with van der Waals surface area (Å²) in [5.41, 5.74) is 1.68. The number of aromatic nitrogens is 1. The van der Waals surface area contributed by atoms with Gasteiger partial charge in [0.25, 0.3) is 5.91 Å². The predicted octanol–water partition coefficient (Wildman–Crippen LogP) is 1.92. The monoisotopic (exact) mass is 210 g/mol. The minimum atomic E-state index is 0.0204. The lowest BCUT2D eigenvalue weighted by molar-refractivity contribution is 0.0931. The molecule has 76 valence electrons. The van der Waals surface area contributed by atoms with E-state index in [4.69, 9.17) is 0 Å². The number of nitrogens with zero attached hydrogens (tertiary/aromatic N) is 1. The van der Waals surface area contributed by atoms with E-state index < -0.39 is 0 Å². The zero-order chi connectivity index (χ0) is 9.97. The molecule has 1 aliphatic rings. The lowest BCUT2D eigenvalue weighted by Gasteiger charge is -2.32. The van der Waals surface area contributed by atoms with E-state index in [0.29, 0.717) is 10.8 Å². The molecule has 1 amide bonds. The Kier molecular flexibility index (Phi) is 2.82. The Balaban J connectivity index is 1.74. The van der Waals surface area contributed by atoms with Crippen LogP contribution in [0.15, 0.2) is 11.7 Å². The zero-order valence-corrected chi connectivity index (χ0v) is 9.01. The van der Waals surface area contributed by atoms with Crippen molar-refractivity contribution in [1.29, 1.82) is 0 Å². The Bertz CT molecular complexity index is 304. The zero-order valence-electron chi connectivity index (χ0n) is 8.19. The fraction of sp³-hybridized carbons (Fsp3) is 0.600. The maximum Gasteiger partial charge on any atom is 0.263 e. The number of hydrogen-bond acceptors (Lipinski definition) is 3. The van der Waals surface area contributed by atoms with Crippen LogP contribution in [0.2, 0.25) is 0 Å². The third kappa shape index (κ3) is 2.12. The third-order valence-electron chi connectivity index (χ3n) is 2.68. The van der Waals surface area contributed by atoms with Crippen LogP contribution in [0.5, 0.6) is 0 Å². The van der Waals surface area contributed by atoms with Crippen molar-refractivity contribution in [3.05, 3.63) is 16.6 Å². The second-order valence-corrected chi connectivity index (χ2v) is 4.90. The molecule has 0 aliphatic heterocycles. The summed E-state index contributed by atoms with van der Waals surface area (Å²) in [7, 11) is 0. The molecule has 1 aromatic rings. The molecule has 14 heavy (non-hydrogen) atoms. The second kappa shape index (κ2) is 4.09. The third-order valence-corrected chi connectivity index (χ3v) is 3.45. The van der Waals surface area contributed by atoms with E-state index in [9.17, 15) is 4.79 Å². The largest absolute Gasteiger partial charge is 0.351 e. The molecule has 0 aromatic carbocycles. The van der Waals surface area contributed by atoms with Gasteiger partial charge in [0.2, 0.25) is 0 Å². The summed E-state index contributed by atoms with van der Waals surface area (Å²) in [6, 6.07) is 0. The summed E-state index contributed by atoms with van der Waals surface area (Å²) in [5.74, 6) is 1.56. The highest BCUT2D eigenvalue weighted by Crippen LogP contribution is 2.32. The van der Waals surface area contributed by atoms with E-state index in [0.717, 1.165) is 12.5 Å². The first-order chi connectivity index (χ1) is 6.75. The summed E-state index contributed by atoms with van der Waals surface area (Å²) in [4.78, 5) is 16.1. The molecule has 0 saturated heterocycles. The molecule has 1 saturated carbocycles. The van der Waals surface area contributed by atoms with E-state index in [-0.39, 0.29) is 5.91 Å². The highest BCUT2D eigenvalue weighted by Gasteiger charge is 2.25. The van der Waals surface area contributed by atoms with Crippen LogP contribution in [-0.4, -0.2) is 17.4 Å². The van der Waals surface area contributed by atoms with E-state index in [1.807, 2.05) is 0 Å². The second-order valence-electron chi connectivity index (χ2n) is 4.02. The van der Waals surface area contributed by atoms with E-state index in [1.54, 1.807) is 11.7 Å². The van der Waals surface area contributed by atoms with Crippen molar-refractivity contribution in [2.75, 3.05) is 6.54 Å². The van der Waals surface area contributed by atoms with Crippen LogP contribution < -0.4 is 5.32 Å². The Morgan fingerprint density at radius 1 is 1.71 bits per heavy atom. The quantitative estimate of drug-likeness (QED) is 0.828. The van der Waals surface area contributed by atoms with Gasteiger partial charge in [0.1, 0.15) is 4.88 Å². The smallest absolute Gasteiger partial charge is 0.263 e. The molecule has 0 spiro atoms. The van der Waals surface area contributed by atoms with Gasteiger partial charge in [-0.25, -0.2) is 0 Å². The predicted molar refractivity (Wildman–Crippen MR) is 56.3 cm³/mol. The fourth-order valence-corrected chi connectivity index (χ4v) is 2.42. The van der Waals surface area contributed by atoms with Crippen LogP contribution in [0.3, 0.4) is 0 Å². The molecule has 1 aromatic heterocycles. The summed E-state index contributed by atoms with van der Waals surface area (Å²) in [5, 5.41) is 2.94. The molecule has 1 fully saturated rings. The van der Waals surface area contributed by atoms with Crippen molar-refractivity contribution in [3.63, 3.8) is 0 Å². The summed E-state index contributed by atoms with van der Waals surface area (Å²) in [6.45, 7) is 3.07. The lowest BCUT2D eigenvalue weighted by atomic mass is 9.76. The normalized spacial score (nSPS) is 25.5. The average molecular weight is 210 g/mol. The summed E-state index contributed by atoms with van der Waals surface area (Å²) in [6.07, 6.45) is 4.12. The number of amides is 1. The van der Waals surface area contributed by atoms with Gasteiger partial charge in [-0.1, -0.05) is 6.92 Å². The molecule has 4 heteroatoms. The van der Waals surface area contributed by atoms with Gasteiger partial charge in [-0.3, -0.25) is 9.78 Å². The van der Waals surface area contributed by atoms with Crippen molar-refractivity contribution in [2.45, 2.75) is 19.8 Å². The van der Waals surface area contributed by atoms with E-state index >= 15 is 0 Å². The Hall–Kier alpha value is -0.900. The highest BCUT2D eigenvalue weighted by atomic mass is 32.1. The van der Waals surface area contributed by atoms with Gasteiger partial charge >= 0.3 is 0 Å². The van der Waals surface area contributed by atoms with Gasteiger partial charge in [0.15, 0.2) is 0 Å². The van der Waals surface area contributed by atoms with Gasteiger partial charge in [-0.15, -0.1) is 11.3 Å². The van der Waals surface area contributed by atoms with Gasteiger partial charge in [-0.2, -0.15) is 0 Å². The number of rotatable bonds is 3. The van der Waals surface area contributed by atoms with Gasteiger partial charge < -0.3 is 5.32 Å². The van der Waals surface area contributed by atoms with Crippen molar-refractivity contribution >= 4 is 17.2 Å². The first-order valence-corrected chi connectivity index (χ1v) is 5.80. The number of thiazole rings is 1. The van der Waals surface area contributed by atoms with Crippen LogP contribution in [0.25, 0.3) is 0 Å². The average Bonchev–Trinajstić information content (AvgIpc) is 2.62. The van der Waals surface area contributed by atoms with Crippen LogP contribution >= 0.6 is 11.3 Å². The molecule has 0 radical (unpaired) electrons. The molecule has 0 unspecified atom stereocenters. The standard InChI is InChI=1S/C10H14N2OS/c1-7-2-8(3-7)4-12-10(13)9-5-11-6-14-9/h5-8H,2-4H2,1H3,(H,12,13). The van der Waals surface area contributed by atoms with Crippen LogP contribution in [0.4, 0.5) is 0 Å². The first kappa shape index (κ1) is 9.65. The molecule has 1 heterocycles. The van der Waals surface area contributed by atoms with Crippen molar-refractivity contribution < 1.29 is 4.79 Å². The maximum absolute atomic E-state index is 11.5. The van der Waals surface area contributed by atoms with Crippen molar-refractivity contribution in [3.8, 4) is 0 Å². The topological polar surface area (TPSA) is 42.0 Å². The van der Waals surface area contributed by atoms with E-state index in [2.05, 4.69) is 17.2 Å². The summed E-state index contributed by atoms with van der Waals surface area (Å²) < 4.78 is 0. The molecule has 1 aliphatic carbocycles. The van der Waals surface area contributed by atoms with E-state index in [1.165, 1.54) is 24.2 Å². The van der Waals surface area contributed by atoms with Crippen molar-refractivity contribution in [2.24, 2.45) is 11.8 Å². The maximum atomic E-state index is 11.5. The first-order valence-electron chi connectivity index (χ1n) is 4.92. The van der Waals surface area contributed by atoms with Crippen molar-refractivity contribution in [1.82, 2.24) is 10.3 Å². The lowest BCUT2D eigenvalue weighted by Crippen LogP contribution is -2.34. The molecular formula is C10H14N2OS. The Labute approximate surface area is 87.6 Å². The molecule has 0 bridgehead atoms. The van der Waals surface area contributed by atoms with Gasteiger partial charge in [-0.05, 0) is 24.7 Å². The molecule has 1 N–H and O–H groups in total. The minimum absolute atomic E-state index is 0.0204. The Morgan fingerprint density at radius 3 is 3.07 bits per heavy atom. The van der Waals surface area contributed by atoms with Crippen LogP contribution in [-0.2, 0) is 0 Å². The molecular weight excluding hydrogens is 196 g/mol. The molecule has 0 atom stereocenters. The minimum Gasteiger partial charge on any atom is -0.351 e. The highest BCUT2D eigenvalue weighted by molar-refractivity contribution is 7.11. The number of hydrogen-bond donors (Lipinski definition) is 1. The van der Waals surface area contributed by atoms with Gasteiger partial charge in [0.05, 0.1) is 11.7 Å².